The molecule has 0 radical (unpaired) electrons. The van der Waals surface area contributed by atoms with Gasteiger partial charge in [0.05, 0.1) is 30.6 Å². The second-order valence-corrected chi connectivity index (χ2v) is 10.4. The first kappa shape index (κ1) is 27.2. The number of nitrogens with zero attached hydrogens (tertiary/aromatic N) is 3. The van der Waals surface area contributed by atoms with E-state index in [1.165, 1.54) is 16.4 Å². The van der Waals surface area contributed by atoms with Crippen molar-refractivity contribution in [3.63, 3.8) is 0 Å². The first-order valence-corrected chi connectivity index (χ1v) is 14.0. The summed E-state index contributed by atoms with van der Waals surface area (Å²) in [6.07, 6.45) is 1.84. The Hall–Kier alpha value is -4.37. The molecular formula is C31H30N4O4S. The number of ketones is 1. The van der Waals surface area contributed by atoms with Crippen LogP contribution in [-0.2, 0) is 4.79 Å². The lowest BCUT2D eigenvalue weighted by Gasteiger charge is -2.25. The molecule has 0 saturated heterocycles. The van der Waals surface area contributed by atoms with Crippen molar-refractivity contribution in [3.05, 3.63) is 107 Å². The summed E-state index contributed by atoms with van der Waals surface area (Å²) in [5.74, 6) is 0.220. The number of carbonyl (C=O) groups is 2. The third-order valence-corrected chi connectivity index (χ3v) is 8.03. The number of hydrogen-bond acceptors (Lipinski definition) is 7. The topological polar surface area (TPSA) is 93.5 Å². The van der Waals surface area contributed by atoms with Crippen LogP contribution in [0.3, 0.4) is 0 Å². The van der Waals surface area contributed by atoms with E-state index in [1.54, 1.807) is 24.3 Å². The Bertz CT molecular complexity index is 1570. The van der Waals surface area contributed by atoms with Gasteiger partial charge in [0, 0.05) is 36.5 Å². The Morgan fingerprint density at radius 3 is 2.50 bits per heavy atom. The predicted molar refractivity (Wildman–Crippen MR) is 156 cm³/mol. The first-order chi connectivity index (χ1) is 19.5. The average Bonchev–Trinajstić information content (AvgIpc) is 3.33. The molecule has 0 saturated carbocycles. The number of para-hydroxylation sites is 1. The van der Waals surface area contributed by atoms with Crippen molar-refractivity contribution in [2.45, 2.75) is 29.1 Å². The summed E-state index contributed by atoms with van der Waals surface area (Å²) in [6, 6.07) is 24.1. The number of hydrogen-bond donors (Lipinski definition) is 1. The van der Waals surface area contributed by atoms with Gasteiger partial charge in [-0.05, 0) is 48.9 Å². The van der Waals surface area contributed by atoms with Crippen LogP contribution in [0.1, 0.15) is 35.2 Å². The van der Waals surface area contributed by atoms with Gasteiger partial charge in [0.25, 0.3) is 5.56 Å². The number of likely N-dealkylation sites (N-methyl/N-ethyl adjacent to an activating group) is 1. The number of amides is 1. The van der Waals surface area contributed by atoms with Crippen molar-refractivity contribution < 1.29 is 14.3 Å². The number of aromatic nitrogens is 2. The summed E-state index contributed by atoms with van der Waals surface area (Å²) in [6.45, 7) is 3.26. The molecule has 1 aliphatic rings. The van der Waals surface area contributed by atoms with Gasteiger partial charge in [-0.15, -0.1) is 0 Å². The number of benzene rings is 3. The van der Waals surface area contributed by atoms with Crippen LogP contribution in [0.25, 0.3) is 5.69 Å². The van der Waals surface area contributed by atoms with E-state index in [-0.39, 0.29) is 23.7 Å². The van der Waals surface area contributed by atoms with Gasteiger partial charge in [-0.1, -0.05) is 54.2 Å². The maximum atomic E-state index is 13.6. The fourth-order valence-corrected chi connectivity index (χ4v) is 5.74. The lowest BCUT2D eigenvalue weighted by Crippen LogP contribution is -2.38. The van der Waals surface area contributed by atoms with Gasteiger partial charge in [0.2, 0.25) is 5.91 Å². The van der Waals surface area contributed by atoms with Crippen molar-refractivity contribution in [1.82, 2.24) is 14.7 Å². The molecule has 1 atom stereocenters. The van der Waals surface area contributed by atoms with E-state index in [1.807, 2.05) is 79.7 Å². The lowest BCUT2D eigenvalue weighted by molar-refractivity contribution is -0.132. The number of fused-ring (bicyclic) bond motifs is 1. The minimum absolute atomic E-state index is 0.00776. The Morgan fingerprint density at radius 2 is 1.77 bits per heavy atom. The molecule has 8 nitrogen and oxygen atoms in total. The number of nitrogens with one attached hydrogen (secondary N) is 1. The minimum atomic E-state index is -0.457. The monoisotopic (exact) mass is 554 g/mol. The molecule has 4 aromatic rings. The molecule has 1 N–H and O–H groups in total. The Balaban J connectivity index is 1.35. The summed E-state index contributed by atoms with van der Waals surface area (Å²) < 4.78 is 6.65. The molecule has 3 aromatic carbocycles. The van der Waals surface area contributed by atoms with Gasteiger partial charge in [-0.25, -0.2) is 0 Å². The van der Waals surface area contributed by atoms with Crippen LogP contribution in [0.4, 0.5) is 5.69 Å². The Labute approximate surface area is 237 Å². The summed E-state index contributed by atoms with van der Waals surface area (Å²) >= 11 is 1.34. The van der Waals surface area contributed by atoms with E-state index in [4.69, 9.17) is 4.74 Å². The SMILES string of the molecule is CCN(CCNc1cnn(-c2ccccc2)c(=O)c1Sc1ccc(OC)cc1)C(=O)C1CC(=O)c2ccccc21. The highest BCUT2D eigenvalue weighted by molar-refractivity contribution is 7.99. The van der Waals surface area contributed by atoms with E-state index in [9.17, 15) is 14.4 Å². The normalized spacial score (nSPS) is 14.1. The number of anilines is 1. The highest BCUT2D eigenvalue weighted by Crippen LogP contribution is 2.35. The van der Waals surface area contributed by atoms with Gasteiger partial charge in [0.1, 0.15) is 10.6 Å². The van der Waals surface area contributed by atoms with Gasteiger partial charge >= 0.3 is 0 Å². The fraction of sp³-hybridized carbons (Fsp3) is 0.226. The molecule has 40 heavy (non-hydrogen) atoms. The number of ether oxygens (including phenoxy) is 1. The molecule has 1 unspecified atom stereocenters. The second kappa shape index (κ2) is 12.2. The van der Waals surface area contributed by atoms with E-state index < -0.39 is 5.92 Å². The summed E-state index contributed by atoms with van der Waals surface area (Å²) in [5.41, 5.74) is 2.45. The van der Waals surface area contributed by atoms with Crippen LogP contribution in [0.5, 0.6) is 5.75 Å². The first-order valence-electron chi connectivity index (χ1n) is 13.1. The van der Waals surface area contributed by atoms with Crippen molar-refractivity contribution in [3.8, 4) is 11.4 Å². The van der Waals surface area contributed by atoms with Crippen LogP contribution >= 0.6 is 11.8 Å². The largest absolute Gasteiger partial charge is 0.497 e. The van der Waals surface area contributed by atoms with Gasteiger partial charge in [-0.3, -0.25) is 14.4 Å². The molecule has 1 aromatic heterocycles. The smallest absolute Gasteiger partial charge is 0.287 e. The Morgan fingerprint density at radius 1 is 1.05 bits per heavy atom. The van der Waals surface area contributed by atoms with Crippen LogP contribution in [0.2, 0.25) is 0 Å². The molecule has 1 amide bonds. The summed E-state index contributed by atoms with van der Waals surface area (Å²) in [5, 5.41) is 7.75. The molecule has 204 valence electrons. The quantitative estimate of drug-likeness (QED) is 0.294. The molecule has 5 rings (SSSR count). The van der Waals surface area contributed by atoms with Crippen molar-refractivity contribution in [2.24, 2.45) is 0 Å². The number of Topliss-reactive ketones (excluding diaryl/α,β-unsaturated/α-hetero) is 1. The highest BCUT2D eigenvalue weighted by Gasteiger charge is 2.35. The molecular weight excluding hydrogens is 524 g/mol. The summed E-state index contributed by atoms with van der Waals surface area (Å²) in [7, 11) is 1.61. The second-order valence-electron chi connectivity index (χ2n) is 9.33. The number of rotatable bonds is 10. The van der Waals surface area contributed by atoms with Crippen molar-refractivity contribution in [2.75, 3.05) is 32.1 Å². The van der Waals surface area contributed by atoms with Crippen LogP contribution in [-0.4, -0.2) is 53.1 Å². The molecule has 0 aliphatic heterocycles. The third kappa shape index (κ3) is 5.65. The van der Waals surface area contributed by atoms with Gasteiger partial charge in [0.15, 0.2) is 5.78 Å². The van der Waals surface area contributed by atoms with E-state index in [2.05, 4.69) is 10.4 Å². The van der Waals surface area contributed by atoms with Gasteiger partial charge < -0.3 is 15.0 Å². The zero-order valence-electron chi connectivity index (χ0n) is 22.4. The molecule has 0 spiro atoms. The van der Waals surface area contributed by atoms with Crippen molar-refractivity contribution >= 4 is 29.1 Å². The van der Waals surface area contributed by atoms with Crippen molar-refractivity contribution in [1.29, 1.82) is 0 Å². The molecule has 0 bridgehead atoms. The third-order valence-electron chi connectivity index (χ3n) is 6.93. The predicted octanol–water partition coefficient (Wildman–Crippen LogP) is 5.02. The minimum Gasteiger partial charge on any atom is -0.497 e. The number of carbonyl (C=O) groups excluding carboxylic acids is 2. The molecule has 0 fully saturated rings. The Kier molecular flexibility index (Phi) is 8.31. The standard InChI is InChI=1S/C31H30N4O4S/c1-3-34(30(37)26-19-28(36)25-12-8-7-11-24(25)26)18-17-32-27-20-33-35(21-9-5-4-6-10-21)31(38)29(27)40-23-15-13-22(39-2)14-16-23/h4-16,20,26,32H,3,17-19H2,1-2H3. The number of methoxy groups -OCH3 is 1. The lowest BCUT2D eigenvalue weighted by atomic mass is 10.00. The van der Waals surface area contributed by atoms with E-state index >= 15 is 0 Å². The molecule has 1 aliphatic carbocycles. The zero-order chi connectivity index (χ0) is 28.1. The average molecular weight is 555 g/mol. The van der Waals surface area contributed by atoms with Gasteiger partial charge in [-0.2, -0.15) is 9.78 Å². The van der Waals surface area contributed by atoms with Crippen LogP contribution in [0.15, 0.2) is 99.6 Å². The molecule has 9 heteroatoms. The van der Waals surface area contributed by atoms with Crippen LogP contribution in [0, 0.1) is 0 Å². The van der Waals surface area contributed by atoms with Crippen LogP contribution < -0.4 is 15.6 Å². The highest BCUT2D eigenvalue weighted by atomic mass is 32.2. The van der Waals surface area contributed by atoms with E-state index in [0.717, 1.165) is 16.2 Å². The zero-order valence-corrected chi connectivity index (χ0v) is 23.2. The fourth-order valence-electron chi connectivity index (χ4n) is 4.83. The van der Waals surface area contributed by atoms with E-state index in [0.29, 0.717) is 41.5 Å². The summed E-state index contributed by atoms with van der Waals surface area (Å²) in [4.78, 5) is 42.6. The maximum Gasteiger partial charge on any atom is 0.287 e. The molecule has 1 heterocycles. The maximum absolute atomic E-state index is 13.6.